The van der Waals surface area contributed by atoms with Crippen LogP contribution >= 0.6 is 0 Å². The third kappa shape index (κ3) is 2.82. The van der Waals surface area contributed by atoms with Gasteiger partial charge in [0.2, 0.25) is 0 Å². The Labute approximate surface area is 97.0 Å². The Morgan fingerprint density at radius 3 is 2.69 bits per heavy atom. The van der Waals surface area contributed by atoms with E-state index < -0.39 is 0 Å². The summed E-state index contributed by atoms with van der Waals surface area (Å²) in [4.78, 5) is 0. The van der Waals surface area contributed by atoms with Gasteiger partial charge in [-0.2, -0.15) is 0 Å². The second-order valence-electron chi connectivity index (χ2n) is 4.72. The molecule has 2 rings (SSSR count). The minimum atomic E-state index is -0.0455. The number of rotatable bonds is 5. The van der Waals surface area contributed by atoms with Crippen molar-refractivity contribution in [3.05, 3.63) is 35.9 Å². The summed E-state index contributed by atoms with van der Waals surface area (Å²) >= 11 is 0. The van der Waals surface area contributed by atoms with Crippen molar-refractivity contribution in [3.8, 4) is 0 Å². The van der Waals surface area contributed by atoms with Crippen molar-refractivity contribution in [2.75, 3.05) is 13.6 Å². The van der Waals surface area contributed by atoms with Crippen LogP contribution < -0.4 is 11.1 Å². The minimum absolute atomic E-state index is 0.0455. The SMILES string of the molecule is CNCC1(N)CC(OCc2ccccc2)C1. The zero-order valence-corrected chi connectivity index (χ0v) is 9.78. The number of hydrogen-bond acceptors (Lipinski definition) is 3. The lowest BCUT2D eigenvalue weighted by molar-refractivity contribution is -0.0506. The molecule has 3 N–H and O–H groups in total. The number of likely N-dealkylation sites (N-methyl/N-ethyl adjacent to an activating group) is 1. The molecule has 0 aliphatic heterocycles. The van der Waals surface area contributed by atoms with Gasteiger partial charge in [0.05, 0.1) is 12.7 Å². The molecule has 0 heterocycles. The Hall–Kier alpha value is -0.900. The summed E-state index contributed by atoms with van der Waals surface area (Å²) < 4.78 is 5.80. The molecule has 0 atom stereocenters. The molecular weight excluding hydrogens is 200 g/mol. The largest absolute Gasteiger partial charge is 0.373 e. The number of ether oxygens (including phenoxy) is 1. The van der Waals surface area contributed by atoms with Gasteiger partial charge in [0, 0.05) is 12.1 Å². The predicted octanol–water partition coefficient (Wildman–Crippen LogP) is 1.28. The lowest BCUT2D eigenvalue weighted by Crippen LogP contribution is -2.60. The molecule has 1 aromatic carbocycles. The number of nitrogens with one attached hydrogen (secondary N) is 1. The van der Waals surface area contributed by atoms with Gasteiger partial charge in [-0.1, -0.05) is 30.3 Å². The van der Waals surface area contributed by atoms with Gasteiger partial charge in [-0.15, -0.1) is 0 Å². The maximum atomic E-state index is 6.13. The van der Waals surface area contributed by atoms with Crippen molar-refractivity contribution < 1.29 is 4.74 Å². The van der Waals surface area contributed by atoms with Gasteiger partial charge >= 0.3 is 0 Å². The Kier molecular flexibility index (Phi) is 3.59. The van der Waals surface area contributed by atoms with E-state index >= 15 is 0 Å². The van der Waals surface area contributed by atoms with Crippen LogP contribution in [0.1, 0.15) is 18.4 Å². The number of hydrogen-bond donors (Lipinski definition) is 2. The first-order valence-electron chi connectivity index (χ1n) is 5.81. The van der Waals surface area contributed by atoms with Crippen molar-refractivity contribution in [2.45, 2.75) is 31.1 Å². The lowest BCUT2D eigenvalue weighted by atomic mass is 9.75. The van der Waals surface area contributed by atoms with Gasteiger partial charge in [0.25, 0.3) is 0 Å². The Morgan fingerprint density at radius 2 is 2.06 bits per heavy atom. The first kappa shape index (κ1) is 11.6. The van der Waals surface area contributed by atoms with Crippen molar-refractivity contribution in [1.29, 1.82) is 0 Å². The highest BCUT2D eigenvalue weighted by Crippen LogP contribution is 2.32. The van der Waals surface area contributed by atoms with Crippen LogP contribution in [0.3, 0.4) is 0 Å². The number of nitrogens with two attached hydrogens (primary N) is 1. The fourth-order valence-corrected chi connectivity index (χ4v) is 2.25. The molecule has 3 heteroatoms. The molecule has 1 aliphatic rings. The zero-order valence-electron chi connectivity index (χ0n) is 9.78. The molecule has 0 amide bonds. The van der Waals surface area contributed by atoms with E-state index in [2.05, 4.69) is 17.4 Å². The maximum Gasteiger partial charge on any atom is 0.0720 e. The molecule has 0 radical (unpaired) electrons. The van der Waals surface area contributed by atoms with Gasteiger partial charge in [-0.3, -0.25) is 0 Å². The standard InChI is InChI=1S/C13H20N2O/c1-15-10-13(14)7-12(8-13)16-9-11-5-3-2-4-6-11/h2-6,12,15H,7-10,14H2,1H3. The Balaban J connectivity index is 1.70. The van der Waals surface area contributed by atoms with E-state index in [1.807, 2.05) is 25.2 Å². The fraction of sp³-hybridized carbons (Fsp3) is 0.538. The Morgan fingerprint density at radius 1 is 1.38 bits per heavy atom. The van der Waals surface area contributed by atoms with Crippen LogP contribution in [0.25, 0.3) is 0 Å². The molecule has 0 spiro atoms. The van der Waals surface area contributed by atoms with Gasteiger partial charge in [-0.25, -0.2) is 0 Å². The van der Waals surface area contributed by atoms with Crippen LogP contribution in [-0.4, -0.2) is 25.2 Å². The molecule has 1 saturated carbocycles. The highest BCUT2D eigenvalue weighted by molar-refractivity contribution is 5.13. The van der Waals surface area contributed by atoms with Gasteiger partial charge in [0.1, 0.15) is 0 Å². The third-order valence-corrected chi connectivity index (χ3v) is 3.13. The quantitative estimate of drug-likeness (QED) is 0.786. The molecule has 3 nitrogen and oxygen atoms in total. The van der Waals surface area contributed by atoms with E-state index in [9.17, 15) is 0 Å². The van der Waals surface area contributed by atoms with Crippen molar-refractivity contribution >= 4 is 0 Å². The normalized spacial score (nSPS) is 28.8. The molecule has 88 valence electrons. The van der Waals surface area contributed by atoms with E-state index in [1.165, 1.54) is 5.56 Å². The zero-order chi connectivity index (χ0) is 11.4. The van der Waals surface area contributed by atoms with Gasteiger partial charge in [-0.05, 0) is 25.5 Å². The average Bonchev–Trinajstić information content (AvgIpc) is 2.25. The summed E-state index contributed by atoms with van der Waals surface area (Å²) in [6.45, 7) is 1.57. The van der Waals surface area contributed by atoms with Crippen LogP contribution in [0.2, 0.25) is 0 Å². The lowest BCUT2D eigenvalue weighted by Gasteiger charge is -2.44. The molecule has 1 fully saturated rings. The second-order valence-corrected chi connectivity index (χ2v) is 4.72. The average molecular weight is 220 g/mol. The molecule has 1 aliphatic carbocycles. The van der Waals surface area contributed by atoms with E-state index in [0.29, 0.717) is 12.7 Å². The molecule has 16 heavy (non-hydrogen) atoms. The highest BCUT2D eigenvalue weighted by Gasteiger charge is 2.40. The smallest absolute Gasteiger partial charge is 0.0720 e. The maximum absolute atomic E-state index is 6.13. The molecular formula is C13H20N2O. The first-order chi connectivity index (χ1) is 7.72. The topological polar surface area (TPSA) is 47.3 Å². The summed E-state index contributed by atoms with van der Waals surface area (Å²) in [7, 11) is 1.94. The number of benzene rings is 1. The van der Waals surface area contributed by atoms with Crippen LogP contribution in [0.15, 0.2) is 30.3 Å². The van der Waals surface area contributed by atoms with Crippen LogP contribution in [0.4, 0.5) is 0 Å². The summed E-state index contributed by atoms with van der Waals surface area (Å²) in [5.41, 5.74) is 7.31. The molecule has 0 saturated heterocycles. The monoisotopic (exact) mass is 220 g/mol. The van der Waals surface area contributed by atoms with E-state index in [-0.39, 0.29) is 5.54 Å². The molecule has 0 bridgehead atoms. The van der Waals surface area contributed by atoms with Crippen molar-refractivity contribution in [3.63, 3.8) is 0 Å². The van der Waals surface area contributed by atoms with Crippen LogP contribution in [0, 0.1) is 0 Å². The van der Waals surface area contributed by atoms with Gasteiger partial charge in [0.15, 0.2) is 0 Å². The van der Waals surface area contributed by atoms with Crippen LogP contribution in [-0.2, 0) is 11.3 Å². The second kappa shape index (κ2) is 4.95. The summed E-state index contributed by atoms with van der Waals surface area (Å²) in [6, 6.07) is 10.3. The van der Waals surface area contributed by atoms with Crippen molar-refractivity contribution in [1.82, 2.24) is 5.32 Å². The fourth-order valence-electron chi connectivity index (χ4n) is 2.25. The predicted molar refractivity (Wildman–Crippen MR) is 65.1 cm³/mol. The van der Waals surface area contributed by atoms with Crippen molar-refractivity contribution in [2.24, 2.45) is 5.73 Å². The van der Waals surface area contributed by atoms with Gasteiger partial charge < -0.3 is 15.8 Å². The third-order valence-electron chi connectivity index (χ3n) is 3.13. The Bertz CT molecular complexity index is 320. The van der Waals surface area contributed by atoms with E-state index in [1.54, 1.807) is 0 Å². The minimum Gasteiger partial charge on any atom is -0.373 e. The van der Waals surface area contributed by atoms with E-state index in [0.717, 1.165) is 19.4 Å². The summed E-state index contributed by atoms with van der Waals surface area (Å²) in [6.07, 6.45) is 2.25. The van der Waals surface area contributed by atoms with Crippen LogP contribution in [0.5, 0.6) is 0 Å². The first-order valence-corrected chi connectivity index (χ1v) is 5.81. The molecule has 0 aromatic heterocycles. The summed E-state index contributed by atoms with van der Waals surface area (Å²) in [5.74, 6) is 0. The summed E-state index contributed by atoms with van der Waals surface area (Å²) in [5, 5.41) is 3.12. The molecule has 1 aromatic rings. The molecule has 0 unspecified atom stereocenters. The van der Waals surface area contributed by atoms with E-state index in [4.69, 9.17) is 10.5 Å². The highest BCUT2D eigenvalue weighted by atomic mass is 16.5.